The normalized spacial score (nSPS) is 15.6. The number of carbonyl (C=O) groups is 2. The van der Waals surface area contributed by atoms with Gasteiger partial charge in [-0.05, 0) is 60.4 Å². The molecule has 1 heterocycles. The predicted molar refractivity (Wildman–Crippen MR) is 216 cm³/mol. The summed E-state index contributed by atoms with van der Waals surface area (Å²) in [5.41, 5.74) is 1.77. The smallest absolute Gasteiger partial charge is 0.349 e. The van der Waals surface area contributed by atoms with Crippen molar-refractivity contribution in [3.05, 3.63) is 71.8 Å². The van der Waals surface area contributed by atoms with Crippen molar-refractivity contribution in [2.45, 2.75) is 90.9 Å². The van der Waals surface area contributed by atoms with Crippen molar-refractivity contribution in [2.24, 2.45) is 0 Å². The molecule has 12 heteroatoms. The maximum Gasteiger partial charge on any atom is 0.349 e. The highest BCUT2D eigenvalue weighted by Crippen LogP contribution is 2.16. The molecule has 3 rings (SSSR count). The molecule has 2 aromatic rings. The minimum Gasteiger partial charge on any atom is -0.494 e. The first-order valence-corrected chi connectivity index (χ1v) is 20.1. The van der Waals surface area contributed by atoms with Gasteiger partial charge in [0.2, 0.25) is 0 Å². The largest absolute Gasteiger partial charge is 0.494 e. The molecular formula is C42H66N6O6. The Morgan fingerprint density at radius 2 is 0.852 bits per heavy atom. The summed E-state index contributed by atoms with van der Waals surface area (Å²) < 4.78 is 11.7. The minimum absolute atomic E-state index is 0.335. The second kappa shape index (κ2) is 29.6. The highest BCUT2D eigenvalue weighted by molar-refractivity contribution is 5.87. The number of hydroxylamine groups is 4. The van der Waals surface area contributed by atoms with E-state index in [9.17, 15) is 9.59 Å². The summed E-state index contributed by atoms with van der Waals surface area (Å²) in [5, 5.41) is 16.2. The fraction of sp³-hybridized carbons (Fsp3) is 0.571. The number of nitrogens with one attached hydrogen (secondary N) is 4. The third-order valence-electron chi connectivity index (χ3n) is 8.67. The number of benzene rings is 2. The van der Waals surface area contributed by atoms with Gasteiger partial charge in [0, 0.05) is 38.3 Å². The average molecular weight is 751 g/mol. The topological polar surface area (TPSA) is 126 Å². The van der Waals surface area contributed by atoms with Crippen LogP contribution in [0.3, 0.4) is 0 Å². The molecule has 1 aliphatic rings. The Hall–Kier alpha value is -3.78. The Kier molecular flexibility index (Phi) is 24.4. The van der Waals surface area contributed by atoms with Gasteiger partial charge in [0.25, 0.3) is 0 Å². The molecule has 0 aliphatic carbocycles. The molecule has 0 spiro atoms. The van der Waals surface area contributed by atoms with Crippen LogP contribution in [0.25, 0.3) is 12.2 Å². The lowest BCUT2D eigenvalue weighted by atomic mass is 10.1. The number of ether oxygens (including phenoxy) is 2. The standard InChI is InChI=1S/C42H66N6O6/c1-3-5-7-9-11-13-31-51-39-21-15-37(16-22-39)19-25-41(49)53-47-33-43-27-29-45-35-48(36-46-30-28-44-34-47)54-42(50)26-20-38-17-23-40(24-18-38)52-32-14-12-10-8-6-4-2/h15-26,43-46H,3-14,27-36H2,1-2H3/b25-19+,26-20+. The highest BCUT2D eigenvalue weighted by atomic mass is 16.7. The zero-order valence-corrected chi connectivity index (χ0v) is 32.8. The SMILES string of the molecule is CCCCCCCCOc1ccc(/C=C/C(=O)ON2CNCCNCN(OC(=O)/C=C/c3ccc(OCCCCCCCC)cc3)CNCCNC2)cc1. The van der Waals surface area contributed by atoms with Crippen LogP contribution in [0.15, 0.2) is 60.7 Å². The molecule has 0 bridgehead atoms. The van der Waals surface area contributed by atoms with E-state index in [1.807, 2.05) is 48.5 Å². The van der Waals surface area contributed by atoms with E-state index in [1.165, 1.54) is 76.4 Å². The summed E-state index contributed by atoms with van der Waals surface area (Å²) in [6, 6.07) is 15.4. The van der Waals surface area contributed by atoms with E-state index in [0.717, 1.165) is 48.7 Å². The monoisotopic (exact) mass is 751 g/mol. The lowest BCUT2D eigenvalue weighted by molar-refractivity contribution is -0.190. The molecule has 0 amide bonds. The lowest BCUT2D eigenvalue weighted by Gasteiger charge is -2.24. The van der Waals surface area contributed by atoms with E-state index < -0.39 is 11.9 Å². The predicted octanol–water partition coefficient (Wildman–Crippen LogP) is 6.61. The van der Waals surface area contributed by atoms with Gasteiger partial charge in [-0.2, -0.15) is 0 Å². The van der Waals surface area contributed by atoms with E-state index in [1.54, 1.807) is 22.3 Å². The summed E-state index contributed by atoms with van der Waals surface area (Å²) >= 11 is 0. The molecule has 1 aliphatic heterocycles. The molecule has 54 heavy (non-hydrogen) atoms. The number of rotatable bonds is 22. The van der Waals surface area contributed by atoms with Gasteiger partial charge >= 0.3 is 11.9 Å². The lowest BCUT2D eigenvalue weighted by Crippen LogP contribution is -2.48. The van der Waals surface area contributed by atoms with Crippen molar-refractivity contribution in [3.8, 4) is 11.5 Å². The number of hydrogen-bond acceptors (Lipinski definition) is 12. The molecule has 0 atom stereocenters. The van der Waals surface area contributed by atoms with E-state index in [2.05, 4.69) is 35.1 Å². The van der Waals surface area contributed by atoms with Gasteiger partial charge in [0.05, 0.1) is 39.9 Å². The Labute approximate surface area is 323 Å². The molecule has 2 aromatic carbocycles. The van der Waals surface area contributed by atoms with Crippen LogP contribution in [0.1, 0.15) is 102 Å². The fourth-order valence-electron chi connectivity index (χ4n) is 5.55. The third-order valence-corrected chi connectivity index (χ3v) is 8.67. The van der Waals surface area contributed by atoms with E-state index in [4.69, 9.17) is 19.1 Å². The van der Waals surface area contributed by atoms with Crippen molar-refractivity contribution in [2.75, 3.05) is 66.1 Å². The van der Waals surface area contributed by atoms with Crippen LogP contribution in [-0.2, 0) is 19.3 Å². The first kappa shape index (κ1) is 44.6. The highest BCUT2D eigenvalue weighted by Gasteiger charge is 2.12. The molecule has 4 N–H and O–H groups in total. The van der Waals surface area contributed by atoms with Gasteiger partial charge in [-0.3, -0.25) is 0 Å². The number of hydrogen-bond donors (Lipinski definition) is 4. The Morgan fingerprint density at radius 3 is 1.20 bits per heavy atom. The van der Waals surface area contributed by atoms with Crippen LogP contribution < -0.4 is 30.7 Å². The van der Waals surface area contributed by atoms with E-state index >= 15 is 0 Å². The molecular weight excluding hydrogens is 684 g/mol. The van der Waals surface area contributed by atoms with E-state index in [-0.39, 0.29) is 0 Å². The molecule has 0 saturated carbocycles. The molecule has 0 unspecified atom stereocenters. The molecule has 12 nitrogen and oxygen atoms in total. The van der Waals surface area contributed by atoms with Gasteiger partial charge in [0.1, 0.15) is 11.5 Å². The van der Waals surface area contributed by atoms with Crippen LogP contribution >= 0.6 is 0 Å². The second-order valence-corrected chi connectivity index (χ2v) is 13.5. The second-order valence-electron chi connectivity index (χ2n) is 13.5. The zero-order valence-electron chi connectivity index (χ0n) is 32.8. The Morgan fingerprint density at radius 1 is 0.519 bits per heavy atom. The van der Waals surface area contributed by atoms with Gasteiger partial charge in [0.15, 0.2) is 0 Å². The molecule has 0 aromatic heterocycles. The van der Waals surface area contributed by atoms with Gasteiger partial charge < -0.3 is 40.4 Å². The third kappa shape index (κ3) is 21.8. The molecule has 1 fully saturated rings. The average Bonchev–Trinajstić information content (AvgIpc) is 3.18. The first-order valence-electron chi connectivity index (χ1n) is 20.1. The van der Waals surface area contributed by atoms with Crippen molar-refractivity contribution < 1.29 is 28.7 Å². The summed E-state index contributed by atoms with van der Waals surface area (Å²) in [6.45, 7) is 9.64. The maximum atomic E-state index is 12.6. The van der Waals surface area contributed by atoms with Crippen molar-refractivity contribution in [3.63, 3.8) is 0 Å². The van der Waals surface area contributed by atoms with Gasteiger partial charge in [-0.1, -0.05) is 102 Å². The molecule has 300 valence electrons. The van der Waals surface area contributed by atoms with Crippen molar-refractivity contribution in [1.82, 2.24) is 31.4 Å². The number of unbranched alkanes of at least 4 members (excludes halogenated alkanes) is 10. The number of nitrogens with zero attached hydrogens (tertiary/aromatic N) is 2. The maximum absolute atomic E-state index is 12.6. The van der Waals surface area contributed by atoms with Crippen LogP contribution in [0.2, 0.25) is 0 Å². The summed E-state index contributed by atoms with van der Waals surface area (Å²) in [6.07, 6.45) is 21.1. The Balaban J connectivity index is 1.32. The van der Waals surface area contributed by atoms with Crippen LogP contribution in [0.4, 0.5) is 0 Å². The van der Waals surface area contributed by atoms with Gasteiger partial charge in [-0.25, -0.2) is 9.59 Å². The van der Waals surface area contributed by atoms with E-state index in [0.29, 0.717) is 52.9 Å². The van der Waals surface area contributed by atoms with Crippen LogP contribution in [0.5, 0.6) is 11.5 Å². The fourth-order valence-corrected chi connectivity index (χ4v) is 5.55. The quantitative estimate of drug-likeness (QED) is 0.0765. The molecule has 0 radical (unpaired) electrons. The van der Waals surface area contributed by atoms with Crippen molar-refractivity contribution >= 4 is 24.1 Å². The minimum atomic E-state index is -0.462. The summed E-state index contributed by atoms with van der Waals surface area (Å²) in [5.74, 6) is 0.739. The van der Waals surface area contributed by atoms with Crippen LogP contribution in [0, 0.1) is 0 Å². The Bertz CT molecular complexity index is 1210. The first-order chi connectivity index (χ1) is 26.6. The summed E-state index contributed by atoms with van der Waals surface area (Å²) in [4.78, 5) is 36.4. The zero-order chi connectivity index (χ0) is 38.3. The van der Waals surface area contributed by atoms with Gasteiger partial charge in [-0.15, -0.1) is 10.1 Å². The molecule has 1 saturated heterocycles. The summed E-state index contributed by atoms with van der Waals surface area (Å²) in [7, 11) is 0. The van der Waals surface area contributed by atoms with Crippen molar-refractivity contribution in [1.29, 1.82) is 0 Å². The van der Waals surface area contributed by atoms with Crippen LogP contribution in [-0.4, -0.2) is 88.1 Å². The number of carbonyl (C=O) groups excluding carboxylic acids is 2.